The van der Waals surface area contributed by atoms with E-state index in [2.05, 4.69) is 4.57 Å². The maximum absolute atomic E-state index is 13.0. The van der Waals surface area contributed by atoms with Crippen molar-refractivity contribution < 1.29 is 13.2 Å². The molecular weight excluding hydrogens is 324 g/mol. The average Bonchev–Trinajstić information content (AvgIpc) is 3.11. The van der Waals surface area contributed by atoms with E-state index in [4.69, 9.17) is 4.74 Å². The molecule has 1 aliphatic rings. The van der Waals surface area contributed by atoms with Gasteiger partial charge in [0.25, 0.3) is 0 Å². The standard InChI is InChI=1S/C18H24N2O3S/c1-14-13-18(15(2)12-17(14)23-3)24(21,22)20-10-6-16(7-11-20)19-8-4-5-9-19/h4-5,8-9,12-13,16H,6-7,10-11H2,1-3H3. The van der Waals surface area contributed by atoms with Crippen molar-refractivity contribution in [3.05, 3.63) is 47.8 Å². The summed E-state index contributed by atoms with van der Waals surface area (Å²) in [5, 5.41) is 0. The molecule has 1 saturated heterocycles. The zero-order valence-electron chi connectivity index (χ0n) is 14.4. The van der Waals surface area contributed by atoms with E-state index >= 15 is 0 Å². The minimum atomic E-state index is -3.46. The van der Waals surface area contributed by atoms with E-state index in [1.807, 2.05) is 38.4 Å². The number of sulfonamides is 1. The van der Waals surface area contributed by atoms with Gasteiger partial charge in [0.1, 0.15) is 5.75 Å². The summed E-state index contributed by atoms with van der Waals surface area (Å²) in [6, 6.07) is 7.92. The van der Waals surface area contributed by atoms with Gasteiger partial charge < -0.3 is 9.30 Å². The van der Waals surface area contributed by atoms with Gasteiger partial charge >= 0.3 is 0 Å². The van der Waals surface area contributed by atoms with Crippen molar-refractivity contribution in [1.29, 1.82) is 0 Å². The predicted octanol–water partition coefficient (Wildman–Crippen LogP) is 3.14. The molecule has 0 unspecified atom stereocenters. The first kappa shape index (κ1) is 17.0. The van der Waals surface area contributed by atoms with Gasteiger partial charge in [-0.05, 0) is 62.1 Å². The molecule has 0 bridgehead atoms. The molecule has 130 valence electrons. The Morgan fingerprint density at radius 3 is 2.25 bits per heavy atom. The highest BCUT2D eigenvalue weighted by Crippen LogP contribution is 2.31. The van der Waals surface area contributed by atoms with Crippen LogP contribution in [0.3, 0.4) is 0 Å². The normalized spacial score (nSPS) is 17.1. The Hall–Kier alpha value is -1.79. The Morgan fingerprint density at radius 1 is 1.04 bits per heavy atom. The SMILES string of the molecule is COc1cc(C)c(S(=O)(=O)N2CCC(n3cccc3)CC2)cc1C. The molecule has 0 atom stereocenters. The molecular formula is C18H24N2O3S. The molecule has 0 saturated carbocycles. The van der Waals surface area contributed by atoms with E-state index in [9.17, 15) is 8.42 Å². The molecule has 0 N–H and O–H groups in total. The van der Waals surface area contributed by atoms with E-state index in [-0.39, 0.29) is 0 Å². The third-order valence-electron chi connectivity index (χ3n) is 4.78. The topological polar surface area (TPSA) is 51.5 Å². The van der Waals surface area contributed by atoms with Gasteiger partial charge in [0.05, 0.1) is 12.0 Å². The van der Waals surface area contributed by atoms with Crippen molar-refractivity contribution in [3.63, 3.8) is 0 Å². The highest BCUT2D eigenvalue weighted by Gasteiger charge is 2.31. The summed E-state index contributed by atoms with van der Waals surface area (Å²) in [7, 11) is -1.86. The van der Waals surface area contributed by atoms with Crippen LogP contribution in [0.2, 0.25) is 0 Å². The number of hydrogen-bond acceptors (Lipinski definition) is 3. The minimum Gasteiger partial charge on any atom is -0.496 e. The average molecular weight is 348 g/mol. The van der Waals surface area contributed by atoms with Crippen LogP contribution in [-0.2, 0) is 10.0 Å². The fraction of sp³-hybridized carbons (Fsp3) is 0.444. The van der Waals surface area contributed by atoms with Gasteiger partial charge in [-0.2, -0.15) is 4.31 Å². The number of benzene rings is 1. The summed E-state index contributed by atoms with van der Waals surface area (Å²) in [5.41, 5.74) is 1.56. The van der Waals surface area contributed by atoms with Crippen LogP contribution < -0.4 is 4.74 Å². The van der Waals surface area contributed by atoms with Crippen molar-refractivity contribution in [2.75, 3.05) is 20.2 Å². The lowest BCUT2D eigenvalue weighted by molar-refractivity contribution is 0.274. The Labute approximate surface area is 143 Å². The number of nitrogens with zero attached hydrogens (tertiary/aromatic N) is 2. The number of hydrogen-bond donors (Lipinski definition) is 0. The second-order valence-electron chi connectivity index (χ2n) is 6.35. The van der Waals surface area contributed by atoms with E-state index in [0.29, 0.717) is 24.0 Å². The first-order valence-electron chi connectivity index (χ1n) is 8.21. The molecule has 3 rings (SSSR count). The quantitative estimate of drug-likeness (QED) is 0.853. The molecule has 24 heavy (non-hydrogen) atoms. The third-order valence-corrected chi connectivity index (χ3v) is 6.82. The molecule has 6 heteroatoms. The Kier molecular flexibility index (Phi) is 4.69. The van der Waals surface area contributed by atoms with Gasteiger partial charge in [-0.25, -0.2) is 8.42 Å². The lowest BCUT2D eigenvalue weighted by atomic mass is 10.1. The van der Waals surface area contributed by atoms with Crippen LogP contribution in [-0.4, -0.2) is 37.5 Å². The second-order valence-corrected chi connectivity index (χ2v) is 8.26. The number of piperidine rings is 1. The molecule has 0 radical (unpaired) electrons. The van der Waals surface area contributed by atoms with Crippen LogP contribution in [0.5, 0.6) is 5.75 Å². The Morgan fingerprint density at radius 2 is 1.67 bits per heavy atom. The van der Waals surface area contributed by atoms with Crippen LogP contribution in [0.1, 0.15) is 30.0 Å². The zero-order chi connectivity index (χ0) is 17.3. The van der Waals surface area contributed by atoms with Crippen molar-refractivity contribution in [2.24, 2.45) is 0 Å². The number of ether oxygens (including phenoxy) is 1. The van der Waals surface area contributed by atoms with Crippen LogP contribution in [0.15, 0.2) is 41.6 Å². The van der Waals surface area contributed by atoms with Crippen molar-refractivity contribution >= 4 is 10.0 Å². The Bertz CT molecular complexity index is 805. The van der Waals surface area contributed by atoms with Crippen LogP contribution in [0.25, 0.3) is 0 Å². The molecule has 0 amide bonds. The minimum absolute atomic E-state index is 0.380. The van der Waals surface area contributed by atoms with Crippen LogP contribution in [0, 0.1) is 13.8 Å². The monoisotopic (exact) mass is 348 g/mol. The fourth-order valence-electron chi connectivity index (χ4n) is 3.37. The molecule has 1 fully saturated rings. The summed E-state index contributed by atoms with van der Waals surface area (Å²) in [4.78, 5) is 0.389. The molecule has 2 aromatic rings. The summed E-state index contributed by atoms with van der Waals surface area (Å²) < 4.78 is 35.1. The highest BCUT2D eigenvalue weighted by molar-refractivity contribution is 7.89. The van der Waals surface area contributed by atoms with E-state index in [1.165, 1.54) is 0 Å². The van der Waals surface area contributed by atoms with Crippen molar-refractivity contribution in [2.45, 2.75) is 37.6 Å². The van der Waals surface area contributed by atoms with Crippen molar-refractivity contribution in [3.8, 4) is 5.75 Å². The summed E-state index contributed by atoms with van der Waals surface area (Å²) in [6.45, 7) is 4.79. The molecule has 0 aliphatic carbocycles. The smallest absolute Gasteiger partial charge is 0.243 e. The van der Waals surface area contributed by atoms with E-state index in [1.54, 1.807) is 23.5 Å². The maximum atomic E-state index is 13.0. The largest absolute Gasteiger partial charge is 0.496 e. The molecule has 1 aromatic heterocycles. The van der Waals surface area contributed by atoms with Crippen LogP contribution >= 0.6 is 0 Å². The van der Waals surface area contributed by atoms with Gasteiger partial charge in [0, 0.05) is 31.5 Å². The van der Waals surface area contributed by atoms with Gasteiger partial charge in [0.15, 0.2) is 0 Å². The zero-order valence-corrected chi connectivity index (χ0v) is 15.2. The predicted molar refractivity (Wildman–Crippen MR) is 93.9 cm³/mol. The molecule has 1 aromatic carbocycles. The number of aromatic nitrogens is 1. The summed E-state index contributed by atoms with van der Waals surface area (Å²) in [6.07, 6.45) is 5.77. The highest BCUT2D eigenvalue weighted by atomic mass is 32.2. The maximum Gasteiger partial charge on any atom is 0.243 e. The lowest BCUT2D eigenvalue weighted by Crippen LogP contribution is -2.39. The molecule has 2 heterocycles. The number of rotatable bonds is 4. The molecule has 5 nitrogen and oxygen atoms in total. The first-order valence-corrected chi connectivity index (χ1v) is 9.65. The second kappa shape index (κ2) is 6.61. The lowest BCUT2D eigenvalue weighted by Gasteiger charge is -2.32. The summed E-state index contributed by atoms with van der Waals surface area (Å²) >= 11 is 0. The van der Waals surface area contributed by atoms with Crippen LogP contribution in [0.4, 0.5) is 0 Å². The van der Waals surface area contributed by atoms with Gasteiger partial charge in [-0.15, -0.1) is 0 Å². The van der Waals surface area contributed by atoms with Gasteiger partial charge in [0.2, 0.25) is 10.0 Å². The number of methoxy groups -OCH3 is 1. The summed E-state index contributed by atoms with van der Waals surface area (Å²) in [5.74, 6) is 0.720. The van der Waals surface area contributed by atoms with E-state index < -0.39 is 10.0 Å². The first-order chi connectivity index (χ1) is 11.4. The third kappa shape index (κ3) is 3.08. The van der Waals surface area contributed by atoms with Gasteiger partial charge in [-0.1, -0.05) is 0 Å². The Balaban J connectivity index is 1.81. The van der Waals surface area contributed by atoms with E-state index in [0.717, 1.165) is 29.7 Å². The van der Waals surface area contributed by atoms with Crippen molar-refractivity contribution in [1.82, 2.24) is 8.87 Å². The molecule has 0 spiro atoms. The number of aryl methyl sites for hydroxylation is 2. The molecule has 1 aliphatic heterocycles. The van der Waals surface area contributed by atoms with Gasteiger partial charge in [-0.3, -0.25) is 0 Å². The fourth-order valence-corrected chi connectivity index (χ4v) is 5.13.